The second-order valence-electron chi connectivity index (χ2n) is 6.78. The van der Waals surface area contributed by atoms with Gasteiger partial charge in [-0.15, -0.1) is 0 Å². The van der Waals surface area contributed by atoms with Crippen molar-refractivity contribution in [3.05, 3.63) is 64.2 Å². The summed E-state index contributed by atoms with van der Waals surface area (Å²) in [6.07, 6.45) is 0.211. The number of hydrogen-bond donors (Lipinski definition) is 2. The Morgan fingerprint density at radius 3 is 2.27 bits per heavy atom. The topological polar surface area (TPSA) is 154 Å². The van der Waals surface area contributed by atoms with Crippen molar-refractivity contribution in [2.75, 3.05) is 23.8 Å². The molecule has 33 heavy (non-hydrogen) atoms. The molecule has 0 bridgehead atoms. The second kappa shape index (κ2) is 12.5. The van der Waals surface area contributed by atoms with Crippen LogP contribution in [-0.2, 0) is 23.9 Å². The van der Waals surface area contributed by atoms with E-state index in [0.29, 0.717) is 24.3 Å². The van der Waals surface area contributed by atoms with Gasteiger partial charge in [-0.25, -0.2) is 4.79 Å². The minimum Gasteiger partial charge on any atom is -0.462 e. The fourth-order valence-electron chi connectivity index (χ4n) is 2.52. The molecule has 0 aliphatic heterocycles. The van der Waals surface area contributed by atoms with Crippen LogP contribution in [0.1, 0.15) is 36.5 Å². The molecule has 0 fully saturated rings. The van der Waals surface area contributed by atoms with Crippen molar-refractivity contribution in [2.45, 2.75) is 26.2 Å². The number of nitro groups is 1. The minimum absolute atomic E-state index is 0.177. The first-order chi connectivity index (χ1) is 15.8. The quantitative estimate of drug-likeness (QED) is 0.296. The number of nitrogens with zero attached hydrogens (tertiary/aromatic N) is 1. The number of nitrogens with one attached hydrogen (secondary N) is 2. The van der Waals surface area contributed by atoms with Crippen molar-refractivity contribution in [1.82, 2.24) is 0 Å². The van der Waals surface area contributed by atoms with E-state index >= 15 is 0 Å². The number of rotatable bonds is 11. The van der Waals surface area contributed by atoms with Gasteiger partial charge in [-0.1, -0.05) is 13.0 Å². The number of non-ortho nitro benzene ring substituents is 1. The number of anilines is 2. The van der Waals surface area contributed by atoms with Crippen LogP contribution >= 0.6 is 0 Å². The van der Waals surface area contributed by atoms with Gasteiger partial charge in [0.15, 0.2) is 6.61 Å². The Balaban J connectivity index is 1.71. The van der Waals surface area contributed by atoms with Crippen LogP contribution in [0.15, 0.2) is 48.5 Å². The number of nitro benzene ring substituents is 1. The van der Waals surface area contributed by atoms with Crippen molar-refractivity contribution in [3.63, 3.8) is 0 Å². The van der Waals surface area contributed by atoms with Gasteiger partial charge >= 0.3 is 11.9 Å². The molecule has 2 rings (SSSR count). The van der Waals surface area contributed by atoms with Crippen molar-refractivity contribution in [2.24, 2.45) is 0 Å². The number of amides is 2. The molecule has 0 radical (unpaired) electrons. The first kappa shape index (κ1) is 25.0. The van der Waals surface area contributed by atoms with E-state index in [1.165, 1.54) is 48.5 Å². The van der Waals surface area contributed by atoms with Gasteiger partial charge in [0.25, 0.3) is 11.6 Å². The van der Waals surface area contributed by atoms with Crippen LogP contribution in [0.4, 0.5) is 17.1 Å². The molecule has 2 N–H and O–H groups in total. The third-order valence-corrected chi connectivity index (χ3v) is 4.10. The Bertz CT molecular complexity index is 1020. The number of carbonyl (C=O) groups excluding carboxylic acids is 4. The molecule has 2 aromatic rings. The monoisotopic (exact) mass is 457 g/mol. The Labute approximate surface area is 189 Å². The van der Waals surface area contributed by atoms with Crippen LogP contribution in [0, 0.1) is 10.1 Å². The van der Waals surface area contributed by atoms with Crippen molar-refractivity contribution < 1.29 is 33.6 Å². The molecule has 0 unspecified atom stereocenters. The Hall–Kier alpha value is -4.28. The number of benzene rings is 2. The standard InChI is InChI=1S/C22H23N3O8/c1-2-12-32-22(29)15-6-8-16(9-7-15)23-20(27)14-33-21(28)11-10-19(26)24-17-4-3-5-18(13-17)25(30)31/h3-9,13H,2,10-12,14H2,1H3,(H,23,27)(H,24,26). The predicted molar refractivity (Wildman–Crippen MR) is 118 cm³/mol. The summed E-state index contributed by atoms with van der Waals surface area (Å²) in [7, 11) is 0. The predicted octanol–water partition coefficient (Wildman–Crippen LogP) is 3.06. The summed E-state index contributed by atoms with van der Waals surface area (Å²) in [6, 6.07) is 11.4. The molecule has 11 heteroatoms. The largest absolute Gasteiger partial charge is 0.462 e. The third-order valence-electron chi connectivity index (χ3n) is 4.10. The lowest BCUT2D eigenvalue weighted by Gasteiger charge is -2.08. The summed E-state index contributed by atoms with van der Waals surface area (Å²) in [6.45, 7) is 1.65. The first-order valence-corrected chi connectivity index (χ1v) is 10.1. The summed E-state index contributed by atoms with van der Waals surface area (Å²) < 4.78 is 9.85. The Morgan fingerprint density at radius 1 is 0.909 bits per heavy atom. The summed E-state index contributed by atoms with van der Waals surface area (Å²) in [5.41, 5.74) is 0.798. The van der Waals surface area contributed by atoms with Gasteiger partial charge in [-0.05, 0) is 36.8 Å². The van der Waals surface area contributed by atoms with Gasteiger partial charge in [0.2, 0.25) is 5.91 Å². The third kappa shape index (κ3) is 8.77. The summed E-state index contributed by atoms with van der Waals surface area (Å²) in [5.74, 6) is -2.34. The van der Waals surface area contributed by atoms with Crippen LogP contribution in [0.3, 0.4) is 0 Å². The zero-order valence-corrected chi connectivity index (χ0v) is 17.9. The van der Waals surface area contributed by atoms with E-state index in [-0.39, 0.29) is 24.2 Å². The fraction of sp³-hybridized carbons (Fsp3) is 0.273. The highest BCUT2D eigenvalue weighted by Gasteiger charge is 2.13. The van der Waals surface area contributed by atoms with Gasteiger partial charge in [-0.2, -0.15) is 0 Å². The number of esters is 2. The van der Waals surface area contributed by atoms with Gasteiger partial charge < -0.3 is 20.1 Å². The van der Waals surface area contributed by atoms with E-state index in [1.54, 1.807) is 0 Å². The highest BCUT2D eigenvalue weighted by atomic mass is 16.6. The molecular weight excluding hydrogens is 434 g/mol. The number of hydrogen-bond acceptors (Lipinski definition) is 8. The van der Waals surface area contributed by atoms with E-state index in [2.05, 4.69) is 10.6 Å². The maximum absolute atomic E-state index is 11.9. The Morgan fingerprint density at radius 2 is 1.61 bits per heavy atom. The molecule has 0 heterocycles. The van der Waals surface area contributed by atoms with Gasteiger partial charge in [-0.3, -0.25) is 24.5 Å². The normalized spacial score (nSPS) is 10.1. The molecule has 0 aromatic heterocycles. The molecule has 0 spiro atoms. The van der Waals surface area contributed by atoms with Crippen LogP contribution < -0.4 is 10.6 Å². The van der Waals surface area contributed by atoms with E-state index in [9.17, 15) is 29.3 Å². The zero-order chi connectivity index (χ0) is 24.2. The Kier molecular flexibility index (Phi) is 9.50. The summed E-state index contributed by atoms with van der Waals surface area (Å²) >= 11 is 0. The smallest absolute Gasteiger partial charge is 0.338 e. The lowest BCUT2D eigenvalue weighted by atomic mass is 10.2. The summed E-state index contributed by atoms with van der Waals surface area (Å²) in [4.78, 5) is 57.5. The molecule has 11 nitrogen and oxygen atoms in total. The molecule has 174 valence electrons. The maximum atomic E-state index is 11.9. The van der Waals surface area contributed by atoms with E-state index in [1.807, 2.05) is 6.92 Å². The van der Waals surface area contributed by atoms with Crippen molar-refractivity contribution in [1.29, 1.82) is 0 Å². The molecule has 2 amide bonds. The van der Waals surface area contributed by atoms with Crippen molar-refractivity contribution >= 4 is 40.8 Å². The molecule has 0 saturated carbocycles. The number of carbonyl (C=O) groups is 4. The van der Waals surface area contributed by atoms with Gasteiger partial charge in [0.05, 0.1) is 23.5 Å². The average molecular weight is 457 g/mol. The van der Waals surface area contributed by atoms with Gasteiger partial charge in [0.1, 0.15) is 0 Å². The first-order valence-electron chi connectivity index (χ1n) is 10.1. The molecule has 0 aliphatic rings. The second-order valence-corrected chi connectivity index (χ2v) is 6.78. The lowest BCUT2D eigenvalue weighted by molar-refractivity contribution is -0.384. The fourth-order valence-corrected chi connectivity index (χ4v) is 2.52. The van der Waals surface area contributed by atoms with Crippen LogP contribution in [0.2, 0.25) is 0 Å². The van der Waals surface area contributed by atoms with Crippen LogP contribution in [0.25, 0.3) is 0 Å². The molecular formula is C22H23N3O8. The van der Waals surface area contributed by atoms with Crippen molar-refractivity contribution in [3.8, 4) is 0 Å². The molecule has 0 saturated heterocycles. The van der Waals surface area contributed by atoms with E-state index in [4.69, 9.17) is 9.47 Å². The molecule has 0 atom stereocenters. The maximum Gasteiger partial charge on any atom is 0.338 e. The minimum atomic E-state index is -0.756. The highest BCUT2D eigenvalue weighted by molar-refractivity contribution is 5.95. The zero-order valence-electron chi connectivity index (χ0n) is 17.9. The van der Waals surface area contributed by atoms with E-state index < -0.39 is 35.3 Å². The molecule has 2 aromatic carbocycles. The SMILES string of the molecule is CCCOC(=O)c1ccc(NC(=O)COC(=O)CCC(=O)Nc2cccc([N+](=O)[O-])c2)cc1. The van der Waals surface area contributed by atoms with E-state index in [0.717, 1.165) is 0 Å². The van der Waals surface area contributed by atoms with Crippen LogP contribution in [-0.4, -0.2) is 41.9 Å². The number of ether oxygens (including phenoxy) is 2. The highest BCUT2D eigenvalue weighted by Crippen LogP contribution is 2.17. The molecule has 0 aliphatic carbocycles. The average Bonchev–Trinajstić information content (AvgIpc) is 2.80. The van der Waals surface area contributed by atoms with Gasteiger partial charge in [0, 0.05) is 29.9 Å². The lowest BCUT2D eigenvalue weighted by Crippen LogP contribution is -2.21. The summed E-state index contributed by atoms with van der Waals surface area (Å²) in [5, 5.41) is 15.7. The van der Waals surface area contributed by atoms with Crippen LogP contribution in [0.5, 0.6) is 0 Å².